The first kappa shape index (κ1) is 17.3. The molecule has 0 unspecified atom stereocenters. The van der Waals surface area contributed by atoms with Gasteiger partial charge in [0.2, 0.25) is 21.8 Å². The summed E-state index contributed by atoms with van der Waals surface area (Å²) in [6.45, 7) is 2.11. The molecule has 7 heteroatoms. The van der Waals surface area contributed by atoms with Gasteiger partial charge in [0.05, 0.1) is 10.6 Å². The van der Waals surface area contributed by atoms with Crippen molar-refractivity contribution in [1.82, 2.24) is 4.72 Å². The maximum absolute atomic E-state index is 12.4. The summed E-state index contributed by atoms with van der Waals surface area (Å²) < 4.78 is 27.4. The summed E-state index contributed by atoms with van der Waals surface area (Å²) in [7, 11) is -3.68. The summed E-state index contributed by atoms with van der Waals surface area (Å²) in [5.74, 6) is -0.531. The van der Waals surface area contributed by atoms with Gasteiger partial charge in [0, 0.05) is 19.4 Å². The van der Waals surface area contributed by atoms with Gasteiger partial charge in [0.1, 0.15) is 0 Å². The molecule has 1 N–H and O–H groups in total. The first-order valence-electron chi connectivity index (χ1n) is 7.88. The number of benzene rings is 2. The van der Waals surface area contributed by atoms with E-state index in [9.17, 15) is 18.0 Å². The van der Waals surface area contributed by atoms with Gasteiger partial charge < -0.3 is 0 Å². The average Bonchev–Trinajstić information content (AvgIpc) is 2.93. The Morgan fingerprint density at radius 3 is 2.16 bits per heavy atom. The Kier molecular flexibility index (Phi) is 4.69. The molecule has 0 bridgehead atoms. The third-order valence-corrected chi connectivity index (χ3v) is 5.59. The number of amides is 2. The molecule has 1 aliphatic rings. The lowest BCUT2D eigenvalue weighted by molar-refractivity contribution is -0.121. The van der Waals surface area contributed by atoms with E-state index in [1.807, 2.05) is 31.2 Å². The predicted molar refractivity (Wildman–Crippen MR) is 93.4 cm³/mol. The SMILES string of the molecule is Cc1ccccc1CNS(=O)(=O)c1ccc(N2C(=O)CCC2=O)cc1. The van der Waals surface area contributed by atoms with Crippen LogP contribution in [0.2, 0.25) is 0 Å². The molecule has 2 aromatic carbocycles. The van der Waals surface area contributed by atoms with E-state index in [0.29, 0.717) is 5.69 Å². The Labute approximate surface area is 146 Å². The van der Waals surface area contributed by atoms with Crippen LogP contribution < -0.4 is 9.62 Å². The van der Waals surface area contributed by atoms with Crippen molar-refractivity contribution in [1.29, 1.82) is 0 Å². The number of carbonyl (C=O) groups is 2. The van der Waals surface area contributed by atoms with Gasteiger partial charge in [0.25, 0.3) is 0 Å². The van der Waals surface area contributed by atoms with E-state index < -0.39 is 10.0 Å². The van der Waals surface area contributed by atoms with Gasteiger partial charge in [-0.3, -0.25) is 14.5 Å². The Balaban J connectivity index is 1.76. The highest BCUT2D eigenvalue weighted by atomic mass is 32.2. The van der Waals surface area contributed by atoms with E-state index in [-0.39, 0.29) is 36.1 Å². The maximum Gasteiger partial charge on any atom is 0.240 e. The Hall–Kier alpha value is -2.51. The summed E-state index contributed by atoms with van der Waals surface area (Å²) >= 11 is 0. The van der Waals surface area contributed by atoms with Crippen molar-refractivity contribution < 1.29 is 18.0 Å². The second-order valence-corrected chi connectivity index (χ2v) is 7.63. The number of aryl methyl sites for hydroxylation is 1. The second kappa shape index (κ2) is 6.78. The zero-order chi connectivity index (χ0) is 18.0. The van der Waals surface area contributed by atoms with E-state index >= 15 is 0 Å². The van der Waals surface area contributed by atoms with Crippen molar-refractivity contribution in [2.45, 2.75) is 31.2 Å². The Morgan fingerprint density at radius 2 is 1.56 bits per heavy atom. The molecule has 0 radical (unpaired) electrons. The van der Waals surface area contributed by atoms with Crippen LogP contribution in [0.15, 0.2) is 53.4 Å². The number of hydrogen-bond acceptors (Lipinski definition) is 4. The van der Waals surface area contributed by atoms with Gasteiger partial charge in [-0.2, -0.15) is 0 Å². The number of hydrogen-bond donors (Lipinski definition) is 1. The summed E-state index contributed by atoms with van der Waals surface area (Å²) in [4.78, 5) is 24.6. The van der Waals surface area contributed by atoms with Gasteiger partial charge in [0.15, 0.2) is 0 Å². The molecule has 1 heterocycles. The molecule has 1 saturated heterocycles. The average molecular weight is 358 g/mol. The fourth-order valence-corrected chi connectivity index (χ4v) is 3.71. The molecule has 1 fully saturated rings. The van der Waals surface area contributed by atoms with Gasteiger partial charge in [-0.25, -0.2) is 13.1 Å². The third kappa shape index (κ3) is 3.62. The van der Waals surface area contributed by atoms with Gasteiger partial charge in [-0.05, 0) is 42.3 Å². The lowest BCUT2D eigenvalue weighted by Crippen LogP contribution is -2.28. The molecule has 2 aromatic rings. The molecule has 0 aromatic heterocycles. The van der Waals surface area contributed by atoms with Crippen LogP contribution in [0.5, 0.6) is 0 Å². The molecule has 0 saturated carbocycles. The summed E-state index contributed by atoms with van der Waals surface area (Å²) in [5, 5.41) is 0. The van der Waals surface area contributed by atoms with Crippen LogP contribution in [0, 0.1) is 6.92 Å². The minimum atomic E-state index is -3.68. The summed E-state index contributed by atoms with van der Waals surface area (Å²) in [6.07, 6.45) is 0.383. The number of sulfonamides is 1. The largest absolute Gasteiger partial charge is 0.274 e. The molecule has 130 valence electrons. The van der Waals surface area contributed by atoms with Crippen molar-refractivity contribution in [3.63, 3.8) is 0 Å². The molecule has 1 aliphatic heterocycles. The van der Waals surface area contributed by atoms with Crippen molar-refractivity contribution in [3.05, 3.63) is 59.7 Å². The van der Waals surface area contributed by atoms with Crippen molar-refractivity contribution in [2.24, 2.45) is 0 Å². The van der Waals surface area contributed by atoms with Crippen LogP contribution in [0.4, 0.5) is 5.69 Å². The Morgan fingerprint density at radius 1 is 0.960 bits per heavy atom. The fourth-order valence-electron chi connectivity index (χ4n) is 2.70. The van der Waals surface area contributed by atoms with Crippen LogP contribution in [0.3, 0.4) is 0 Å². The maximum atomic E-state index is 12.4. The summed E-state index contributed by atoms with van der Waals surface area (Å²) in [6, 6.07) is 13.3. The van der Waals surface area contributed by atoms with Crippen molar-refractivity contribution in [3.8, 4) is 0 Å². The van der Waals surface area contributed by atoms with Gasteiger partial charge in [-0.1, -0.05) is 24.3 Å². The quantitative estimate of drug-likeness (QED) is 0.830. The molecule has 0 aliphatic carbocycles. The minimum Gasteiger partial charge on any atom is -0.274 e. The number of imide groups is 1. The van der Waals surface area contributed by atoms with Crippen molar-refractivity contribution >= 4 is 27.5 Å². The standard InChI is InChI=1S/C18H18N2O4S/c1-13-4-2-3-5-14(13)12-19-25(23,24)16-8-6-15(7-9-16)20-17(21)10-11-18(20)22/h2-9,19H,10-12H2,1H3. The lowest BCUT2D eigenvalue weighted by Gasteiger charge is -2.14. The van der Waals surface area contributed by atoms with Crippen LogP contribution >= 0.6 is 0 Å². The highest BCUT2D eigenvalue weighted by molar-refractivity contribution is 7.89. The normalized spacial score (nSPS) is 15.0. The van der Waals surface area contributed by atoms with E-state index in [2.05, 4.69) is 4.72 Å². The number of nitrogens with one attached hydrogen (secondary N) is 1. The Bertz CT molecular complexity index is 904. The van der Waals surface area contributed by atoms with Crippen LogP contribution in [-0.2, 0) is 26.2 Å². The molecule has 6 nitrogen and oxygen atoms in total. The van der Waals surface area contributed by atoms with Crippen molar-refractivity contribution in [2.75, 3.05) is 4.90 Å². The third-order valence-electron chi connectivity index (χ3n) is 4.17. The zero-order valence-electron chi connectivity index (χ0n) is 13.7. The summed E-state index contributed by atoms with van der Waals surface area (Å²) in [5.41, 5.74) is 2.30. The minimum absolute atomic E-state index is 0.0870. The fraction of sp³-hybridized carbons (Fsp3) is 0.222. The van der Waals surface area contributed by atoms with E-state index in [4.69, 9.17) is 0 Å². The monoisotopic (exact) mass is 358 g/mol. The molecule has 0 atom stereocenters. The van der Waals surface area contributed by atoms with Crippen LogP contribution in [0.1, 0.15) is 24.0 Å². The van der Waals surface area contributed by atoms with E-state index in [1.54, 1.807) is 0 Å². The van der Waals surface area contributed by atoms with E-state index in [0.717, 1.165) is 16.0 Å². The first-order chi connectivity index (χ1) is 11.9. The first-order valence-corrected chi connectivity index (χ1v) is 9.37. The zero-order valence-corrected chi connectivity index (χ0v) is 14.5. The molecule has 0 spiro atoms. The smallest absolute Gasteiger partial charge is 0.240 e. The molecular formula is C18H18N2O4S. The lowest BCUT2D eigenvalue weighted by atomic mass is 10.1. The highest BCUT2D eigenvalue weighted by Gasteiger charge is 2.30. The van der Waals surface area contributed by atoms with Gasteiger partial charge >= 0.3 is 0 Å². The highest BCUT2D eigenvalue weighted by Crippen LogP contribution is 2.24. The van der Waals surface area contributed by atoms with Crippen LogP contribution in [-0.4, -0.2) is 20.2 Å². The number of rotatable bonds is 5. The molecule has 25 heavy (non-hydrogen) atoms. The van der Waals surface area contributed by atoms with Gasteiger partial charge in [-0.15, -0.1) is 0 Å². The van der Waals surface area contributed by atoms with Crippen LogP contribution in [0.25, 0.3) is 0 Å². The number of anilines is 1. The molecule has 2 amide bonds. The predicted octanol–water partition coefficient (Wildman–Crippen LogP) is 2.13. The van der Waals surface area contributed by atoms with E-state index in [1.165, 1.54) is 24.3 Å². The number of carbonyl (C=O) groups excluding carboxylic acids is 2. The molecular weight excluding hydrogens is 340 g/mol. The second-order valence-electron chi connectivity index (χ2n) is 5.87. The molecule has 3 rings (SSSR count). The topological polar surface area (TPSA) is 83.6 Å². The number of nitrogens with zero attached hydrogens (tertiary/aromatic N) is 1.